The Morgan fingerprint density at radius 1 is 1.20 bits per heavy atom. The van der Waals surface area contributed by atoms with Gasteiger partial charge < -0.3 is 4.74 Å². The van der Waals surface area contributed by atoms with Crippen LogP contribution >= 0.6 is 0 Å². The van der Waals surface area contributed by atoms with Crippen molar-refractivity contribution >= 4 is 11.6 Å². The van der Waals surface area contributed by atoms with Crippen molar-refractivity contribution < 1.29 is 14.3 Å². The Hall–Kier alpha value is -1.64. The lowest BCUT2D eigenvalue weighted by atomic mass is 9.46. The molecule has 25 heavy (non-hydrogen) atoms. The molecule has 0 N–H and O–H groups in total. The SMILES string of the molecule is C=C1C[C@@H]2[C@H](CC[C@]3(C)C(=O)CC[C@@H]23)[C@@]2(C)C(C)=CC(=O)C(OC)=C12. The summed E-state index contributed by atoms with van der Waals surface area (Å²) >= 11 is 0. The lowest BCUT2D eigenvalue weighted by molar-refractivity contribution is -0.131. The summed E-state index contributed by atoms with van der Waals surface area (Å²) in [5.74, 6) is 2.27. The van der Waals surface area contributed by atoms with Crippen LogP contribution in [0, 0.1) is 28.6 Å². The van der Waals surface area contributed by atoms with Crippen LogP contribution in [-0.4, -0.2) is 18.7 Å². The third kappa shape index (κ3) is 1.93. The van der Waals surface area contributed by atoms with Crippen LogP contribution in [0.25, 0.3) is 0 Å². The highest BCUT2D eigenvalue weighted by molar-refractivity contribution is 6.05. The topological polar surface area (TPSA) is 43.4 Å². The molecule has 3 fully saturated rings. The monoisotopic (exact) mass is 340 g/mol. The average Bonchev–Trinajstić information content (AvgIpc) is 2.86. The molecule has 3 nitrogen and oxygen atoms in total. The molecule has 0 bridgehead atoms. The van der Waals surface area contributed by atoms with Crippen LogP contribution in [0.3, 0.4) is 0 Å². The maximum Gasteiger partial charge on any atom is 0.220 e. The zero-order valence-electron chi connectivity index (χ0n) is 15.8. The fourth-order valence-corrected chi connectivity index (χ4v) is 6.62. The van der Waals surface area contributed by atoms with E-state index in [2.05, 4.69) is 27.4 Å². The van der Waals surface area contributed by atoms with Crippen LogP contribution in [0.1, 0.15) is 52.9 Å². The number of carbonyl (C=O) groups is 2. The first-order chi connectivity index (χ1) is 11.7. The van der Waals surface area contributed by atoms with E-state index in [4.69, 9.17) is 4.74 Å². The number of ketones is 2. The van der Waals surface area contributed by atoms with Crippen molar-refractivity contribution in [2.75, 3.05) is 7.11 Å². The molecular weight excluding hydrogens is 312 g/mol. The van der Waals surface area contributed by atoms with Gasteiger partial charge in [0.25, 0.3) is 0 Å². The van der Waals surface area contributed by atoms with Gasteiger partial charge in [-0.05, 0) is 62.0 Å². The molecule has 0 unspecified atom stereocenters. The van der Waals surface area contributed by atoms with E-state index in [1.165, 1.54) is 0 Å². The van der Waals surface area contributed by atoms with Crippen LogP contribution in [0.4, 0.5) is 0 Å². The van der Waals surface area contributed by atoms with Crippen molar-refractivity contribution in [1.29, 1.82) is 0 Å². The van der Waals surface area contributed by atoms with Crippen LogP contribution in [0.5, 0.6) is 0 Å². The van der Waals surface area contributed by atoms with Crippen molar-refractivity contribution in [3.63, 3.8) is 0 Å². The van der Waals surface area contributed by atoms with Gasteiger partial charge in [-0.1, -0.05) is 26.0 Å². The molecule has 0 saturated heterocycles. The van der Waals surface area contributed by atoms with Gasteiger partial charge in [0.2, 0.25) is 5.78 Å². The highest BCUT2D eigenvalue weighted by Crippen LogP contribution is 2.66. The summed E-state index contributed by atoms with van der Waals surface area (Å²) < 4.78 is 5.53. The Morgan fingerprint density at radius 2 is 1.92 bits per heavy atom. The molecule has 4 aliphatic rings. The smallest absolute Gasteiger partial charge is 0.220 e. The number of carbonyl (C=O) groups excluding carboxylic acids is 2. The Labute approximate surface area is 150 Å². The molecule has 0 aromatic heterocycles. The average molecular weight is 340 g/mol. The molecule has 0 aliphatic heterocycles. The quantitative estimate of drug-likeness (QED) is 0.711. The van der Waals surface area contributed by atoms with E-state index in [-0.39, 0.29) is 16.6 Å². The van der Waals surface area contributed by atoms with Crippen molar-refractivity contribution in [3.8, 4) is 0 Å². The number of allylic oxidation sites excluding steroid dienone is 4. The Morgan fingerprint density at radius 3 is 2.60 bits per heavy atom. The summed E-state index contributed by atoms with van der Waals surface area (Å²) in [6.07, 6.45) is 6.39. The fraction of sp³-hybridized carbons (Fsp3) is 0.636. The minimum absolute atomic E-state index is 0.0382. The molecule has 0 aromatic rings. The van der Waals surface area contributed by atoms with Gasteiger partial charge in [0.15, 0.2) is 5.76 Å². The lowest BCUT2D eigenvalue weighted by Crippen LogP contribution is -2.51. The molecule has 4 aliphatic carbocycles. The summed E-state index contributed by atoms with van der Waals surface area (Å²) in [5.41, 5.74) is 2.83. The van der Waals surface area contributed by atoms with Gasteiger partial charge in [0.1, 0.15) is 5.78 Å². The van der Waals surface area contributed by atoms with E-state index >= 15 is 0 Å². The first-order valence-electron chi connectivity index (χ1n) is 9.48. The van der Waals surface area contributed by atoms with E-state index in [9.17, 15) is 9.59 Å². The number of Topliss-reactive ketones (excluding diaryl/α,β-unsaturated/α-hetero) is 1. The second-order valence-corrected chi connectivity index (χ2v) is 8.90. The zero-order valence-corrected chi connectivity index (χ0v) is 15.8. The Kier molecular flexibility index (Phi) is 3.49. The Bertz CT molecular complexity index is 755. The van der Waals surface area contributed by atoms with Crippen LogP contribution in [0.15, 0.2) is 35.1 Å². The zero-order chi connectivity index (χ0) is 18.1. The molecule has 134 valence electrons. The number of hydrogen-bond acceptors (Lipinski definition) is 3. The molecule has 3 saturated carbocycles. The van der Waals surface area contributed by atoms with E-state index in [1.807, 2.05) is 0 Å². The van der Waals surface area contributed by atoms with E-state index in [1.54, 1.807) is 13.2 Å². The van der Waals surface area contributed by atoms with Gasteiger partial charge in [0, 0.05) is 22.8 Å². The highest BCUT2D eigenvalue weighted by atomic mass is 16.5. The van der Waals surface area contributed by atoms with Crippen LogP contribution in [0.2, 0.25) is 0 Å². The van der Waals surface area contributed by atoms with Crippen molar-refractivity contribution in [1.82, 2.24) is 0 Å². The Balaban J connectivity index is 1.85. The van der Waals surface area contributed by atoms with Crippen molar-refractivity contribution in [2.45, 2.75) is 52.9 Å². The van der Waals surface area contributed by atoms with Gasteiger partial charge >= 0.3 is 0 Å². The second-order valence-electron chi connectivity index (χ2n) is 8.90. The summed E-state index contributed by atoms with van der Waals surface area (Å²) in [5, 5.41) is 0. The minimum Gasteiger partial charge on any atom is -0.492 e. The molecule has 0 aromatic carbocycles. The first-order valence-corrected chi connectivity index (χ1v) is 9.48. The first kappa shape index (κ1) is 16.8. The third-order valence-electron chi connectivity index (χ3n) is 8.06. The predicted octanol–water partition coefficient (Wildman–Crippen LogP) is 4.39. The van der Waals surface area contributed by atoms with Crippen LogP contribution < -0.4 is 0 Å². The standard InChI is InChI=1S/C22H28O3/c1-12-10-14-15-6-7-18(24)21(15,3)9-8-16(14)22(4)13(2)11-17(23)20(25-5)19(12)22/h11,14-16H,1,6-10H2,2-5H3/t14-,15-,16-,21-,22+/m0/s1. The largest absolute Gasteiger partial charge is 0.492 e. The van der Waals surface area contributed by atoms with E-state index in [0.717, 1.165) is 48.8 Å². The fourth-order valence-electron chi connectivity index (χ4n) is 6.62. The maximum absolute atomic E-state index is 12.5. The molecule has 0 amide bonds. The number of methoxy groups -OCH3 is 1. The summed E-state index contributed by atoms with van der Waals surface area (Å²) in [6.45, 7) is 10.9. The summed E-state index contributed by atoms with van der Waals surface area (Å²) in [7, 11) is 1.59. The van der Waals surface area contributed by atoms with Crippen LogP contribution in [-0.2, 0) is 14.3 Å². The molecule has 0 radical (unpaired) electrons. The third-order valence-corrected chi connectivity index (χ3v) is 8.06. The van der Waals surface area contributed by atoms with Gasteiger partial charge in [-0.25, -0.2) is 0 Å². The van der Waals surface area contributed by atoms with E-state index in [0.29, 0.717) is 29.3 Å². The van der Waals surface area contributed by atoms with Gasteiger partial charge in [-0.3, -0.25) is 9.59 Å². The van der Waals surface area contributed by atoms with Crippen molar-refractivity contribution in [2.24, 2.45) is 28.6 Å². The lowest BCUT2D eigenvalue weighted by Gasteiger charge is -2.57. The molecule has 0 spiro atoms. The molecule has 4 rings (SSSR count). The number of fused-ring (bicyclic) bond motifs is 5. The van der Waals surface area contributed by atoms with Gasteiger partial charge in [-0.15, -0.1) is 0 Å². The normalized spacial score (nSPS) is 43.4. The second kappa shape index (κ2) is 5.18. The summed E-state index contributed by atoms with van der Waals surface area (Å²) in [6, 6.07) is 0. The molecule has 0 heterocycles. The van der Waals surface area contributed by atoms with Crippen molar-refractivity contribution in [3.05, 3.63) is 35.1 Å². The minimum atomic E-state index is -0.202. The maximum atomic E-state index is 12.5. The molecule has 3 heteroatoms. The number of ether oxygens (including phenoxy) is 1. The van der Waals surface area contributed by atoms with E-state index < -0.39 is 0 Å². The number of hydrogen-bond donors (Lipinski definition) is 0. The van der Waals surface area contributed by atoms with Gasteiger partial charge in [-0.2, -0.15) is 0 Å². The summed E-state index contributed by atoms with van der Waals surface area (Å²) in [4.78, 5) is 25.0. The highest BCUT2D eigenvalue weighted by Gasteiger charge is 2.60. The number of rotatable bonds is 1. The predicted molar refractivity (Wildman–Crippen MR) is 96.7 cm³/mol. The van der Waals surface area contributed by atoms with Gasteiger partial charge in [0.05, 0.1) is 7.11 Å². The molecular formula is C22H28O3. The molecule has 5 atom stereocenters.